The minimum atomic E-state index is -3.94. The normalized spacial score (nSPS) is 11.4. The fourth-order valence-corrected chi connectivity index (χ4v) is 4.56. The molecular formula is C22H20Cl2N2O3S. The van der Waals surface area contributed by atoms with Crippen molar-refractivity contribution in [1.82, 2.24) is 9.62 Å². The fourth-order valence-electron chi connectivity index (χ4n) is 2.83. The topological polar surface area (TPSA) is 66.5 Å². The first-order chi connectivity index (χ1) is 14.3. The molecule has 156 valence electrons. The maximum atomic E-state index is 13.2. The van der Waals surface area contributed by atoms with Gasteiger partial charge in [0.2, 0.25) is 15.9 Å². The summed E-state index contributed by atoms with van der Waals surface area (Å²) in [6.45, 7) is -0.0136. The van der Waals surface area contributed by atoms with Crippen molar-refractivity contribution in [2.75, 3.05) is 6.54 Å². The van der Waals surface area contributed by atoms with Crippen LogP contribution in [-0.4, -0.2) is 25.2 Å². The molecular weight excluding hydrogens is 443 g/mol. The van der Waals surface area contributed by atoms with E-state index in [1.54, 1.807) is 24.3 Å². The van der Waals surface area contributed by atoms with Crippen molar-refractivity contribution in [2.24, 2.45) is 0 Å². The smallest absolute Gasteiger partial charge is 0.243 e. The fraction of sp³-hybridized carbons (Fsp3) is 0.136. The van der Waals surface area contributed by atoms with Gasteiger partial charge in [0.25, 0.3) is 0 Å². The molecule has 0 radical (unpaired) electrons. The number of amides is 1. The van der Waals surface area contributed by atoms with Gasteiger partial charge in [-0.3, -0.25) is 4.79 Å². The number of carbonyl (C=O) groups excluding carboxylic acids is 1. The second-order valence-electron chi connectivity index (χ2n) is 6.62. The van der Waals surface area contributed by atoms with Gasteiger partial charge < -0.3 is 5.32 Å². The summed E-state index contributed by atoms with van der Waals surface area (Å²) in [6.07, 6.45) is 0. The molecule has 30 heavy (non-hydrogen) atoms. The van der Waals surface area contributed by atoms with Crippen LogP contribution in [0.2, 0.25) is 10.0 Å². The number of hydrogen-bond acceptors (Lipinski definition) is 3. The summed E-state index contributed by atoms with van der Waals surface area (Å²) < 4.78 is 27.6. The Hall–Kier alpha value is -2.38. The lowest BCUT2D eigenvalue weighted by Gasteiger charge is -2.22. The number of sulfonamides is 1. The quantitative estimate of drug-likeness (QED) is 0.535. The van der Waals surface area contributed by atoms with Crippen molar-refractivity contribution in [3.05, 3.63) is 100 Å². The van der Waals surface area contributed by atoms with Crippen LogP contribution in [0.4, 0.5) is 0 Å². The molecule has 0 spiro atoms. The summed E-state index contributed by atoms with van der Waals surface area (Å²) in [5, 5.41) is 3.68. The molecule has 0 aliphatic rings. The largest absolute Gasteiger partial charge is 0.351 e. The first-order valence-electron chi connectivity index (χ1n) is 9.15. The van der Waals surface area contributed by atoms with Gasteiger partial charge in [-0.1, -0.05) is 65.7 Å². The molecule has 1 amide bonds. The van der Waals surface area contributed by atoms with E-state index in [-0.39, 0.29) is 18.0 Å². The molecule has 3 rings (SSSR count). The lowest BCUT2D eigenvalue weighted by atomic mass is 10.2. The van der Waals surface area contributed by atoms with E-state index in [1.165, 1.54) is 24.3 Å². The van der Waals surface area contributed by atoms with E-state index in [1.807, 2.05) is 30.3 Å². The molecule has 8 heteroatoms. The molecule has 0 aromatic heterocycles. The standard InChI is InChI=1S/C22H20Cl2N2O3S/c23-19-9-11-21(12-10-19)30(28,29)26(15-18-7-4-8-20(24)13-18)16-22(27)25-14-17-5-2-1-3-6-17/h1-13H,14-16H2,(H,25,27). The third-order valence-electron chi connectivity index (χ3n) is 4.35. The van der Waals surface area contributed by atoms with E-state index in [0.29, 0.717) is 22.2 Å². The van der Waals surface area contributed by atoms with Crippen molar-refractivity contribution < 1.29 is 13.2 Å². The van der Waals surface area contributed by atoms with Crippen LogP contribution in [0.3, 0.4) is 0 Å². The number of benzene rings is 3. The zero-order chi connectivity index (χ0) is 21.6. The Balaban J connectivity index is 1.81. The number of rotatable bonds is 8. The van der Waals surface area contributed by atoms with E-state index >= 15 is 0 Å². The van der Waals surface area contributed by atoms with Gasteiger partial charge in [0, 0.05) is 23.1 Å². The Labute approximate surface area is 186 Å². The Morgan fingerprint density at radius 3 is 2.17 bits per heavy atom. The van der Waals surface area contributed by atoms with E-state index < -0.39 is 15.9 Å². The maximum absolute atomic E-state index is 13.2. The lowest BCUT2D eigenvalue weighted by Crippen LogP contribution is -2.40. The Kier molecular flexibility index (Phi) is 7.50. The van der Waals surface area contributed by atoms with Crippen LogP contribution in [-0.2, 0) is 27.9 Å². The van der Waals surface area contributed by atoms with Crippen LogP contribution in [0.1, 0.15) is 11.1 Å². The van der Waals surface area contributed by atoms with Gasteiger partial charge in [0.05, 0.1) is 11.4 Å². The zero-order valence-electron chi connectivity index (χ0n) is 16.0. The third-order valence-corrected chi connectivity index (χ3v) is 6.64. The minimum absolute atomic E-state index is 0.00424. The van der Waals surface area contributed by atoms with Crippen molar-refractivity contribution in [3.8, 4) is 0 Å². The van der Waals surface area contributed by atoms with Gasteiger partial charge in [-0.25, -0.2) is 8.42 Å². The van der Waals surface area contributed by atoms with Crippen molar-refractivity contribution in [3.63, 3.8) is 0 Å². The van der Waals surface area contributed by atoms with Gasteiger partial charge in [0.15, 0.2) is 0 Å². The highest BCUT2D eigenvalue weighted by atomic mass is 35.5. The summed E-state index contributed by atoms with van der Waals surface area (Å²) in [6, 6.07) is 22.1. The lowest BCUT2D eigenvalue weighted by molar-refractivity contribution is -0.121. The van der Waals surface area contributed by atoms with Crippen LogP contribution in [0.5, 0.6) is 0 Å². The minimum Gasteiger partial charge on any atom is -0.351 e. The van der Waals surface area contributed by atoms with Crippen LogP contribution in [0.25, 0.3) is 0 Å². The second kappa shape index (κ2) is 10.1. The molecule has 0 atom stereocenters. The van der Waals surface area contributed by atoms with Gasteiger partial charge in [-0.05, 0) is 47.5 Å². The number of nitrogens with one attached hydrogen (secondary N) is 1. The van der Waals surface area contributed by atoms with E-state index in [0.717, 1.165) is 9.87 Å². The second-order valence-corrected chi connectivity index (χ2v) is 9.43. The maximum Gasteiger partial charge on any atom is 0.243 e. The van der Waals surface area contributed by atoms with E-state index in [2.05, 4.69) is 5.32 Å². The average Bonchev–Trinajstić information content (AvgIpc) is 2.73. The molecule has 0 saturated heterocycles. The molecule has 0 fully saturated rings. The van der Waals surface area contributed by atoms with Crippen LogP contribution >= 0.6 is 23.2 Å². The van der Waals surface area contributed by atoms with Crippen molar-refractivity contribution in [2.45, 2.75) is 18.0 Å². The molecule has 3 aromatic rings. The van der Waals surface area contributed by atoms with E-state index in [4.69, 9.17) is 23.2 Å². The van der Waals surface area contributed by atoms with Crippen LogP contribution in [0.15, 0.2) is 83.8 Å². The van der Waals surface area contributed by atoms with Crippen LogP contribution in [0, 0.1) is 0 Å². The highest BCUT2D eigenvalue weighted by molar-refractivity contribution is 7.89. The summed E-state index contributed by atoms with van der Waals surface area (Å²) in [7, 11) is -3.94. The molecule has 0 aliphatic carbocycles. The molecule has 0 unspecified atom stereocenters. The van der Waals surface area contributed by atoms with Gasteiger partial charge in [0.1, 0.15) is 0 Å². The van der Waals surface area contributed by atoms with Crippen molar-refractivity contribution >= 4 is 39.1 Å². The predicted octanol–water partition coefficient (Wildman–Crippen LogP) is 4.50. The first-order valence-corrected chi connectivity index (χ1v) is 11.3. The molecule has 0 heterocycles. The summed E-state index contributed by atoms with van der Waals surface area (Å²) in [5.74, 6) is -0.404. The number of halogens is 2. The molecule has 1 N–H and O–H groups in total. The number of hydrogen-bond donors (Lipinski definition) is 1. The monoisotopic (exact) mass is 462 g/mol. The number of nitrogens with zero attached hydrogens (tertiary/aromatic N) is 1. The summed E-state index contributed by atoms with van der Waals surface area (Å²) in [5.41, 5.74) is 1.60. The molecule has 5 nitrogen and oxygen atoms in total. The Morgan fingerprint density at radius 1 is 0.833 bits per heavy atom. The summed E-state index contributed by atoms with van der Waals surface area (Å²) >= 11 is 11.9. The SMILES string of the molecule is O=C(CN(Cc1cccc(Cl)c1)S(=O)(=O)c1ccc(Cl)cc1)NCc1ccccc1. The van der Waals surface area contributed by atoms with Crippen molar-refractivity contribution in [1.29, 1.82) is 0 Å². The number of carbonyl (C=O) groups is 1. The highest BCUT2D eigenvalue weighted by Crippen LogP contribution is 2.21. The van der Waals surface area contributed by atoms with Gasteiger partial charge >= 0.3 is 0 Å². The van der Waals surface area contributed by atoms with E-state index in [9.17, 15) is 13.2 Å². The predicted molar refractivity (Wildman–Crippen MR) is 119 cm³/mol. The van der Waals surface area contributed by atoms with Crippen LogP contribution < -0.4 is 5.32 Å². The Morgan fingerprint density at radius 2 is 1.50 bits per heavy atom. The van der Waals surface area contributed by atoms with Gasteiger partial charge in [-0.2, -0.15) is 4.31 Å². The Bertz CT molecular complexity index is 1100. The molecule has 0 saturated carbocycles. The summed E-state index contributed by atoms with van der Waals surface area (Å²) in [4.78, 5) is 12.6. The molecule has 0 bridgehead atoms. The molecule has 3 aromatic carbocycles. The average molecular weight is 463 g/mol. The van der Waals surface area contributed by atoms with Gasteiger partial charge in [-0.15, -0.1) is 0 Å². The molecule has 0 aliphatic heterocycles. The zero-order valence-corrected chi connectivity index (χ0v) is 18.3. The third kappa shape index (κ3) is 6.06. The first kappa shape index (κ1) is 22.3. The highest BCUT2D eigenvalue weighted by Gasteiger charge is 2.27.